The van der Waals surface area contributed by atoms with Crippen molar-refractivity contribution in [1.29, 1.82) is 0 Å². The maximum atomic E-state index is 4.42. The molecule has 6 rings (SSSR count). The Labute approximate surface area is 240 Å². The Hall–Kier alpha value is -3.96. The van der Waals surface area contributed by atoms with Crippen molar-refractivity contribution < 1.29 is 0 Å². The van der Waals surface area contributed by atoms with Crippen LogP contribution in [-0.4, -0.2) is 9.97 Å². The van der Waals surface area contributed by atoms with Crippen molar-refractivity contribution in [3.8, 4) is 11.1 Å². The van der Waals surface area contributed by atoms with Crippen LogP contribution in [0.5, 0.6) is 0 Å². The monoisotopic (exact) mass is 552 g/mol. The predicted molar refractivity (Wildman–Crippen MR) is 173 cm³/mol. The first-order valence-corrected chi connectivity index (χ1v) is 15.6. The minimum absolute atomic E-state index is 0.227. The lowest BCUT2D eigenvalue weighted by Gasteiger charge is -2.25. The third-order valence-electron chi connectivity index (χ3n) is 7.04. The number of rotatable bonds is 9. The van der Waals surface area contributed by atoms with Crippen LogP contribution < -0.4 is 10.6 Å². The van der Waals surface area contributed by atoms with Gasteiger partial charge in [0.1, 0.15) is 0 Å². The first-order chi connectivity index (χ1) is 19.9. The summed E-state index contributed by atoms with van der Waals surface area (Å²) in [6.45, 7) is 0. The Morgan fingerprint density at radius 1 is 0.400 bits per heavy atom. The fourth-order valence-electron chi connectivity index (χ4n) is 5.19. The smallest absolute Gasteiger partial charge is 0.0342 e. The first kappa shape index (κ1) is 26.3. The molecular weight excluding hydrogens is 522 g/mol. The molecule has 2 nitrogen and oxygen atoms in total. The van der Waals surface area contributed by atoms with Crippen molar-refractivity contribution in [3.05, 3.63) is 181 Å². The maximum Gasteiger partial charge on any atom is 0.0342 e. The zero-order chi connectivity index (χ0) is 27.0. The molecule has 0 aliphatic heterocycles. The van der Waals surface area contributed by atoms with E-state index in [1.807, 2.05) is 36.9 Å². The Balaban J connectivity index is 1.49. The fraction of sp³-hybridized carbons (Fsp3) is 0.0556. The van der Waals surface area contributed by atoms with Crippen LogP contribution in [0.4, 0.5) is 0 Å². The van der Waals surface area contributed by atoms with Gasteiger partial charge in [-0.1, -0.05) is 138 Å². The molecule has 2 aromatic heterocycles. The van der Waals surface area contributed by atoms with E-state index in [-0.39, 0.29) is 11.3 Å². The summed E-state index contributed by atoms with van der Waals surface area (Å²) in [6, 6.07) is 48.2. The molecular formula is C36H30N2P2. The standard InChI is InChI=1S/C36H30N2P2/c1-3-13-27(14-4-1)35(39-29-17-11-23-37-25-29)33-21-9-7-19-31(33)32-20-8-10-22-34(32)36(28-15-5-2-6-16-28)40-30-18-12-24-38-26-30/h1-26,35-36,39-40H. The highest BCUT2D eigenvalue weighted by atomic mass is 31.1. The lowest BCUT2D eigenvalue weighted by molar-refractivity contribution is 1.13. The summed E-state index contributed by atoms with van der Waals surface area (Å²) in [5.41, 5.74) is 8.38. The van der Waals surface area contributed by atoms with E-state index in [2.05, 4.69) is 131 Å². The van der Waals surface area contributed by atoms with Gasteiger partial charge in [-0.05, 0) is 56.1 Å². The second-order valence-corrected chi connectivity index (χ2v) is 12.5. The highest BCUT2D eigenvalue weighted by molar-refractivity contribution is 7.48. The van der Waals surface area contributed by atoms with E-state index in [0.717, 1.165) is 0 Å². The van der Waals surface area contributed by atoms with E-state index in [0.29, 0.717) is 17.2 Å². The number of hydrogen-bond acceptors (Lipinski definition) is 2. The summed E-state index contributed by atoms with van der Waals surface area (Å²) in [6.07, 6.45) is 7.71. The molecule has 194 valence electrons. The van der Waals surface area contributed by atoms with Crippen LogP contribution in [0.15, 0.2) is 158 Å². The largest absolute Gasteiger partial charge is 0.264 e. The van der Waals surface area contributed by atoms with Crippen molar-refractivity contribution in [2.45, 2.75) is 11.3 Å². The number of benzene rings is 4. The molecule has 0 N–H and O–H groups in total. The molecule has 6 aromatic rings. The molecule has 4 atom stereocenters. The minimum atomic E-state index is 0.227. The van der Waals surface area contributed by atoms with E-state index in [4.69, 9.17) is 0 Å². The van der Waals surface area contributed by atoms with Crippen LogP contribution in [0.3, 0.4) is 0 Å². The molecule has 4 aromatic carbocycles. The highest BCUT2D eigenvalue weighted by Gasteiger charge is 2.23. The van der Waals surface area contributed by atoms with Gasteiger partial charge in [-0.3, -0.25) is 9.97 Å². The van der Waals surface area contributed by atoms with Gasteiger partial charge in [0, 0.05) is 36.1 Å². The summed E-state index contributed by atoms with van der Waals surface area (Å²) in [7, 11) is 1.13. The van der Waals surface area contributed by atoms with Gasteiger partial charge < -0.3 is 0 Å². The van der Waals surface area contributed by atoms with Crippen molar-refractivity contribution >= 4 is 27.8 Å². The Morgan fingerprint density at radius 2 is 0.800 bits per heavy atom. The van der Waals surface area contributed by atoms with Crippen molar-refractivity contribution in [2.24, 2.45) is 0 Å². The SMILES string of the molecule is c1ccc(C(Pc2cccnc2)c2ccccc2-c2ccccc2C(Pc2cccnc2)c2ccccc2)cc1. The van der Waals surface area contributed by atoms with E-state index in [9.17, 15) is 0 Å². The van der Waals surface area contributed by atoms with E-state index >= 15 is 0 Å². The lowest BCUT2D eigenvalue weighted by atomic mass is 9.89. The van der Waals surface area contributed by atoms with Gasteiger partial charge in [0.05, 0.1) is 0 Å². The fourth-order valence-corrected chi connectivity index (χ4v) is 8.07. The number of aromatic nitrogens is 2. The topological polar surface area (TPSA) is 25.8 Å². The average molecular weight is 553 g/mol. The van der Waals surface area contributed by atoms with Crippen molar-refractivity contribution in [1.82, 2.24) is 9.97 Å². The molecule has 2 heterocycles. The molecule has 40 heavy (non-hydrogen) atoms. The molecule has 4 heteroatoms. The summed E-state index contributed by atoms with van der Waals surface area (Å²) >= 11 is 0. The molecule has 0 radical (unpaired) electrons. The zero-order valence-electron chi connectivity index (χ0n) is 22.1. The third kappa shape index (κ3) is 6.10. The van der Waals surface area contributed by atoms with Crippen LogP contribution in [0, 0.1) is 0 Å². The van der Waals surface area contributed by atoms with Crippen LogP contribution in [0.1, 0.15) is 33.6 Å². The third-order valence-corrected chi connectivity index (χ3v) is 10.2. The van der Waals surface area contributed by atoms with Crippen LogP contribution in [0.25, 0.3) is 11.1 Å². The van der Waals surface area contributed by atoms with Gasteiger partial charge in [0.15, 0.2) is 0 Å². The van der Waals surface area contributed by atoms with Gasteiger partial charge in [-0.2, -0.15) is 0 Å². The van der Waals surface area contributed by atoms with Crippen molar-refractivity contribution in [3.63, 3.8) is 0 Å². The van der Waals surface area contributed by atoms with Gasteiger partial charge in [0.2, 0.25) is 0 Å². The van der Waals surface area contributed by atoms with E-state index < -0.39 is 0 Å². The molecule has 0 spiro atoms. The quantitative estimate of drug-likeness (QED) is 0.169. The summed E-state index contributed by atoms with van der Waals surface area (Å²) in [5, 5.41) is 2.53. The Kier molecular flexibility index (Phi) is 8.49. The highest BCUT2D eigenvalue weighted by Crippen LogP contribution is 2.48. The van der Waals surface area contributed by atoms with E-state index in [1.165, 1.54) is 44.0 Å². The molecule has 0 bridgehead atoms. The van der Waals surface area contributed by atoms with Gasteiger partial charge in [-0.15, -0.1) is 0 Å². The molecule has 4 unspecified atom stereocenters. The van der Waals surface area contributed by atoms with Crippen LogP contribution in [-0.2, 0) is 0 Å². The number of hydrogen-bond donors (Lipinski definition) is 0. The predicted octanol–water partition coefficient (Wildman–Crippen LogP) is 8.33. The van der Waals surface area contributed by atoms with Gasteiger partial charge in [0.25, 0.3) is 0 Å². The molecule has 0 aliphatic rings. The van der Waals surface area contributed by atoms with Gasteiger partial charge >= 0.3 is 0 Å². The zero-order valence-corrected chi connectivity index (χ0v) is 24.1. The van der Waals surface area contributed by atoms with E-state index in [1.54, 1.807) is 0 Å². The average Bonchev–Trinajstić information content (AvgIpc) is 3.04. The van der Waals surface area contributed by atoms with Crippen LogP contribution >= 0.6 is 17.2 Å². The summed E-state index contributed by atoms with van der Waals surface area (Å²) < 4.78 is 0. The second-order valence-electron chi connectivity index (χ2n) is 9.63. The molecule has 0 saturated carbocycles. The molecule has 0 amide bonds. The summed E-state index contributed by atoms with van der Waals surface area (Å²) in [5.74, 6) is 0. The van der Waals surface area contributed by atoms with Crippen LogP contribution in [0.2, 0.25) is 0 Å². The normalized spacial score (nSPS) is 13.1. The van der Waals surface area contributed by atoms with Gasteiger partial charge in [-0.25, -0.2) is 0 Å². The minimum Gasteiger partial charge on any atom is -0.264 e. The Morgan fingerprint density at radius 3 is 1.20 bits per heavy atom. The number of pyridine rings is 2. The maximum absolute atomic E-state index is 4.42. The van der Waals surface area contributed by atoms with Crippen molar-refractivity contribution in [2.75, 3.05) is 0 Å². The lowest BCUT2D eigenvalue weighted by Crippen LogP contribution is -2.07. The number of nitrogens with zero attached hydrogens (tertiary/aromatic N) is 2. The Bertz CT molecular complexity index is 1520. The molecule has 0 aliphatic carbocycles. The molecule has 0 fully saturated rings. The second kappa shape index (κ2) is 12.9. The first-order valence-electron chi connectivity index (χ1n) is 13.5. The summed E-state index contributed by atoms with van der Waals surface area (Å²) in [4.78, 5) is 8.84. The molecule has 0 saturated heterocycles.